The van der Waals surface area contributed by atoms with E-state index in [9.17, 15) is 4.79 Å². The van der Waals surface area contributed by atoms with Gasteiger partial charge in [0.15, 0.2) is 0 Å². The molecule has 0 atom stereocenters. The van der Waals surface area contributed by atoms with E-state index < -0.39 is 0 Å². The predicted octanol–water partition coefficient (Wildman–Crippen LogP) is 5.82. The van der Waals surface area contributed by atoms with Crippen molar-refractivity contribution in [2.24, 2.45) is 0 Å². The smallest absolute Gasteiger partial charge is 0.418 e. The number of halogens is 1. The van der Waals surface area contributed by atoms with Crippen LogP contribution in [0.1, 0.15) is 0 Å². The summed E-state index contributed by atoms with van der Waals surface area (Å²) in [6, 6.07) is 18.5. The second kappa shape index (κ2) is 4.71. The largest absolute Gasteiger partial charge is 0.452 e. The van der Waals surface area contributed by atoms with Gasteiger partial charge < -0.3 is 4.74 Å². The van der Waals surface area contributed by atoms with Crippen LogP contribution in [-0.4, -0.2) is 17.8 Å². The Morgan fingerprint density at radius 3 is 2.54 bits per heavy atom. The van der Waals surface area contributed by atoms with Gasteiger partial charge in [0, 0.05) is 21.0 Å². The van der Waals surface area contributed by atoms with Crippen molar-refractivity contribution in [3.05, 3.63) is 59.1 Å². The highest BCUT2D eigenvalue weighted by Crippen LogP contribution is 2.51. The van der Waals surface area contributed by atoms with Crippen molar-refractivity contribution < 1.29 is 9.53 Å². The number of fused-ring (bicyclic) bond motifs is 5. The third-order valence-electron chi connectivity index (χ3n) is 4.72. The maximum Gasteiger partial charge on any atom is 0.418 e. The highest BCUT2D eigenvalue weighted by Gasteiger charge is 2.31. The maximum atomic E-state index is 12.6. The summed E-state index contributed by atoms with van der Waals surface area (Å²) in [6.45, 7) is 0. The van der Waals surface area contributed by atoms with Crippen molar-refractivity contribution in [2.75, 3.05) is 7.11 Å². The quantitative estimate of drug-likeness (QED) is 0.340. The van der Waals surface area contributed by atoms with Gasteiger partial charge in [-0.2, -0.15) is 0 Å². The molecule has 1 aromatic heterocycles. The number of nitrogens with zero attached hydrogens (tertiary/aromatic N) is 1. The van der Waals surface area contributed by atoms with Crippen molar-refractivity contribution in [1.29, 1.82) is 0 Å². The van der Waals surface area contributed by atoms with Gasteiger partial charge in [-0.1, -0.05) is 58.4 Å². The fraction of sp³-hybridized carbons (Fsp3) is 0.0500. The minimum Gasteiger partial charge on any atom is -0.452 e. The van der Waals surface area contributed by atoms with Gasteiger partial charge in [-0.25, -0.2) is 9.36 Å². The van der Waals surface area contributed by atoms with Gasteiger partial charge in [-0.05, 0) is 28.5 Å². The third kappa shape index (κ3) is 1.59. The van der Waals surface area contributed by atoms with Gasteiger partial charge in [0.05, 0.1) is 18.3 Å². The lowest BCUT2D eigenvalue weighted by atomic mass is 10.0. The highest BCUT2D eigenvalue weighted by atomic mass is 79.9. The summed E-state index contributed by atoms with van der Waals surface area (Å²) in [5, 5.41) is 3.44. The van der Waals surface area contributed by atoms with E-state index in [0.717, 1.165) is 32.2 Å². The summed E-state index contributed by atoms with van der Waals surface area (Å²) in [6.07, 6.45) is -0.371. The van der Waals surface area contributed by atoms with Crippen LogP contribution < -0.4 is 0 Å². The molecule has 0 saturated heterocycles. The van der Waals surface area contributed by atoms with Gasteiger partial charge in [0.2, 0.25) is 0 Å². The summed E-state index contributed by atoms with van der Waals surface area (Å²) >= 11 is 3.51. The summed E-state index contributed by atoms with van der Waals surface area (Å²) in [5.41, 5.74) is 5.13. The first-order chi connectivity index (χ1) is 11.7. The molecule has 0 fully saturated rings. The SMILES string of the molecule is COC(=O)n1c2c(c3ccc(Br)cc31)-c1cccc3cccc-2c13. The summed E-state index contributed by atoms with van der Waals surface area (Å²) in [4.78, 5) is 12.6. The Balaban J connectivity index is 2.04. The molecule has 1 aliphatic rings. The first-order valence-electron chi connectivity index (χ1n) is 7.65. The third-order valence-corrected chi connectivity index (χ3v) is 5.21. The maximum absolute atomic E-state index is 12.6. The Morgan fingerprint density at radius 1 is 1.04 bits per heavy atom. The number of aromatic nitrogens is 1. The molecule has 0 amide bonds. The van der Waals surface area contributed by atoms with Crippen LogP contribution in [0.3, 0.4) is 0 Å². The van der Waals surface area contributed by atoms with E-state index in [0.29, 0.717) is 0 Å². The Morgan fingerprint density at radius 2 is 1.79 bits per heavy atom. The minimum absolute atomic E-state index is 0.371. The van der Waals surface area contributed by atoms with Crippen molar-refractivity contribution in [1.82, 2.24) is 4.57 Å². The number of hydrogen-bond donors (Lipinski definition) is 0. The monoisotopic (exact) mass is 377 g/mol. The van der Waals surface area contributed by atoms with Crippen LogP contribution in [0.25, 0.3) is 44.1 Å². The molecule has 0 radical (unpaired) electrons. The normalized spacial score (nSPS) is 11.9. The van der Waals surface area contributed by atoms with E-state index in [1.807, 2.05) is 18.2 Å². The molecular weight excluding hydrogens is 366 g/mol. The molecule has 3 nitrogen and oxygen atoms in total. The van der Waals surface area contributed by atoms with Gasteiger partial charge in [-0.15, -0.1) is 0 Å². The summed E-state index contributed by atoms with van der Waals surface area (Å²) < 4.78 is 7.69. The molecule has 24 heavy (non-hydrogen) atoms. The Kier molecular flexibility index (Phi) is 2.71. The standard InChI is InChI=1S/C20H12BrNO2/c1-24-20(23)22-16-10-12(21)8-9-13(16)18-14-6-2-4-11-5-3-7-15(17(11)14)19(18)22/h2-10H,1H3. The van der Waals surface area contributed by atoms with Crippen LogP contribution in [0.5, 0.6) is 0 Å². The number of ether oxygens (including phenoxy) is 1. The average Bonchev–Trinajstić information content (AvgIpc) is 3.09. The molecule has 0 spiro atoms. The van der Waals surface area contributed by atoms with Gasteiger partial charge in [0.1, 0.15) is 0 Å². The van der Waals surface area contributed by atoms with E-state index in [1.165, 1.54) is 23.4 Å². The Labute approximate surface area is 146 Å². The second-order valence-corrected chi connectivity index (χ2v) is 6.82. The fourth-order valence-corrected chi connectivity index (χ4v) is 4.17. The molecule has 116 valence electrons. The number of benzene rings is 3. The van der Waals surface area contributed by atoms with Gasteiger partial charge >= 0.3 is 6.09 Å². The van der Waals surface area contributed by atoms with E-state index in [4.69, 9.17) is 4.74 Å². The van der Waals surface area contributed by atoms with Gasteiger partial charge in [0.25, 0.3) is 0 Å². The number of carbonyl (C=O) groups is 1. The van der Waals surface area contributed by atoms with E-state index in [1.54, 1.807) is 4.57 Å². The number of rotatable bonds is 0. The molecule has 3 aromatic carbocycles. The lowest BCUT2D eigenvalue weighted by Crippen LogP contribution is -2.12. The number of carbonyl (C=O) groups excluding carboxylic acids is 1. The summed E-state index contributed by atoms with van der Waals surface area (Å²) in [7, 11) is 1.42. The zero-order chi connectivity index (χ0) is 16.4. The van der Waals surface area contributed by atoms with Crippen LogP contribution >= 0.6 is 15.9 Å². The highest BCUT2D eigenvalue weighted by molar-refractivity contribution is 9.10. The first kappa shape index (κ1) is 13.8. The minimum atomic E-state index is -0.371. The molecule has 4 aromatic rings. The van der Waals surface area contributed by atoms with Crippen LogP contribution in [0.15, 0.2) is 59.1 Å². The average molecular weight is 378 g/mol. The van der Waals surface area contributed by atoms with Crippen LogP contribution in [0.2, 0.25) is 0 Å². The van der Waals surface area contributed by atoms with Crippen molar-refractivity contribution in [2.45, 2.75) is 0 Å². The predicted molar refractivity (Wildman–Crippen MR) is 99.4 cm³/mol. The van der Waals surface area contributed by atoms with Gasteiger partial charge in [-0.3, -0.25) is 0 Å². The molecule has 0 aliphatic heterocycles. The second-order valence-electron chi connectivity index (χ2n) is 5.90. The fourth-order valence-electron chi connectivity index (χ4n) is 3.82. The zero-order valence-electron chi connectivity index (χ0n) is 12.8. The molecule has 1 aliphatic carbocycles. The Hall–Kier alpha value is -2.59. The zero-order valence-corrected chi connectivity index (χ0v) is 14.4. The molecule has 4 heteroatoms. The van der Waals surface area contributed by atoms with E-state index in [2.05, 4.69) is 52.3 Å². The molecular formula is C20H12BrNO2. The Bertz CT molecular complexity index is 1170. The molecule has 0 saturated carbocycles. The van der Waals surface area contributed by atoms with E-state index >= 15 is 0 Å². The molecule has 0 N–H and O–H groups in total. The summed E-state index contributed by atoms with van der Waals surface area (Å²) in [5.74, 6) is 0. The number of methoxy groups -OCH3 is 1. The van der Waals surface area contributed by atoms with Crippen molar-refractivity contribution >= 4 is 43.7 Å². The lowest BCUT2D eigenvalue weighted by Gasteiger charge is -2.08. The van der Waals surface area contributed by atoms with Crippen LogP contribution in [0, 0.1) is 0 Å². The molecule has 0 bridgehead atoms. The lowest BCUT2D eigenvalue weighted by molar-refractivity contribution is 0.174. The first-order valence-corrected chi connectivity index (χ1v) is 8.45. The van der Waals surface area contributed by atoms with E-state index in [-0.39, 0.29) is 6.09 Å². The van der Waals surface area contributed by atoms with Crippen molar-refractivity contribution in [3.63, 3.8) is 0 Å². The molecule has 0 unspecified atom stereocenters. The van der Waals surface area contributed by atoms with Crippen molar-refractivity contribution in [3.8, 4) is 22.4 Å². The topological polar surface area (TPSA) is 31.2 Å². The van der Waals surface area contributed by atoms with Crippen LogP contribution in [-0.2, 0) is 4.74 Å². The molecule has 1 heterocycles. The molecule has 5 rings (SSSR count). The number of hydrogen-bond acceptors (Lipinski definition) is 2. The van der Waals surface area contributed by atoms with Crippen LogP contribution in [0.4, 0.5) is 4.79 Å².